The van der Waals surface area contributed by atoms with Crippen molar-refractivity contribution in [2.45, 2.75) is 31.9 Å². The highest BCUT2D eigenvalue weighted by atomic mass is 35.5. The molecular formula is C26H27ClF4N8O. The quantitative estimate of drug-likeness (QED) is 0.280. The van der Waals surface area contributed by atoms with Gasteiger partial charge in [-0.15, -0.1) is 12.4 Å². The van der Waals surface area contributed by atoms with Gasteiger partial charge < -0.3 is 20.7 Å². The zero-order valence-corrected chi connectivity index (χ0v) is 22.2. The van der Waals surface area contributed by atoms with E-state index in [9.17, 15) is 17.6 Å². The van der Waals surface area contributed by atoms with Crippen molar-refractivity contribution >= 4 is 29.7 Å². The van der Waals surface area contributed by atoms with Gasteiger partial charge in [0.15, 0.2) is 5.82 Å². The Kier molecular flexibility index (Phi) is 9.05. The molecule has 0 saturated carbocycles. The second kappa shape index (κ2) is 12.5. The molecule has 1 aromatic carbocycles. The highest BCUT2D eigenvalue weighted by molar-refractivity contribution is 5.85. The van der Waals surface area contributed by atoms with Crippen molar-refractivity contribution in [3.63, 3.8) is 0 Å². The van der Waals surface area contributed by atoms with Gasteiger partial charge in [0.25, 0.3) is 6.43 Å². The van der Waals surface area contributed by atoms with Crippen LogP contribution in [0.1, 0.15) is 12.8 Å². The van der Waals surface area contributed by atoms with Crippen molar-refractivity contribution in [3.05, 3.63) is 60.7 Å². The van der Waals surface area contributed by atoms with Crippen LogP contribution in [0.3, 0.4) is 0 Å². The third-order valence-electron chi connectivity index (χ3n) is 6.32. The number of alkyl halides is 2. The van der Waals surface area contributed by atoms with E-state index in [0.29, 0.717) is 23.7 Å². The van der Waals surface area contributed by atoms with Crippen LogP contribution < -0.4 is 20.7 Å². The molecule has 5 rings (SSSR count). The van der Waals surface area contributed by atoms with Crippen molar-refractivity contribution in [2.24, 2.45) is 5.73 Å². The van der Waals surface area contributed by atoms with Crippen LogP contribution in [0, 0.1) is 11.6 Å². The molecule has 1 fully saturated rings. The van der Waals surface area contributed by atoms with Gasteiger partial charge in [-0.25, -0.2) is 32.5 Å². The third-order valence-corrected chi connectivity index (χ3v) is 6.32. The summed E-state index contributed by atoms with van der Waals surface area (Å²) in [6.45, 7) is 0.867. The topological polar surface area (TPSA) is 107 Å². The lowest BCUT2D eigenvalue weighted by Gasteiger charge is -2.34. The Bertz CT molecular complexity index is 1470. The van der Waals surface area contributed by atoms with Gasteiger partial charge >= 0.3 is 0 Å². The van der Waals surface area contributed by atoms with E-state index in [-0.39, 0.29) is 35.6 Å². The number of nitrogens with two attached hydrogens (primary N) is 1. The van der Waals surface area contributed by atoms with Crippen LogP contribution in [0.25, 0.3) is 22.5 Å². The number of aromatic nitrogens is 5. The Morgan fingerprint density at radius 1 is 1.15 bits per heavy atom. The maximum atomic E-state index is 14.6. The van der Waals surface area contributed by atoms with Crippen molar-refractivity contribution in [3.8, 4) is 28.3 Å². The number of halogens is 5. The molecule has 0 radical (unpaired) electrons. The van der Waals surface area contributed by atoms with Gasteiger partial charge in [-0.2, -0.15) is 5.10 Å². The van der Waals surface area contributed by atoms with Gasteiger partial charge in [-0.05, 0) is 18.9 Å². The lowest BCUT2D eigenvalue weighted by Crippen LogP contribution is -2.43. The summed E-state index contributed by atoms with van der Waals surface area (Å²) < 4.78 is 60.3. The van der Waals surface area contributed by atoms with Gasteiger partial charge in [0.05, 0.1) is 18.9 Å². The molecule has 40 heavy (non-hydrogen) atoms. The molecule has 1 aliphatic heterocycles. The minimum absolute atomic E-state index is 0. The molecule has 0 amide bonds. The zero-order valence-electron chi connectivity index (χ0n) is 21.4. The number of piperidine rings is 1. The van der Waals surface area contributed by atoms with Crippen LogP contribution in [-0.4, -0.2) is 57.4 Å². The Morgan fingerprint density at radius 2 is 1.98 bits per heavy atom. The van der Waals surface area contributed by atoms with E-state index in [4.69, 9.17) is 10.5 Å². The fraction of sp³-hybridized carbons (Fsp3) is 0.308. The Balaban J connectivity index is 0.00000370. The van der Waals surface area contributed by atoms with Crippen LogP contribution in [-0.2, 0) is 6.54 Å². The molecule has 9 nitrogen and oxygen atoms in total. The van der Waals surface area contributed by atoms with Crippen LogP contribution in [0.15, 0.2) is 49.1 Å². The fourth-order valence-electron chi connectivity index (χ4n) is 4.58. The van der Waals surface area contributed by atoms with Gasteiger partial charge in [-0.1, -0.05) is 0 Å². The molecule has 0 spiro atoms. The Hall–Kier alpha value is -3.97. The molecule has 212 valence electrons. The van der Waals surface area contributed by atoms with Crippen molar-refractivity contribution in [1.29, 1.82) is 0 Å². The largest absolute Gasteiger partial charge is 0.496 e. The average molecular weight is 579 g/mol. The Labute approximate surface area is 233 Å². The summed E-state index contributed by atoms with van der Waals surface area (Å²) >= 11 is 0. The standard InChI is InChI=1S/C26H26F4N8O.ClH/c1-39-21-8-16(27)7-19(28)25(21)26-32-5-4-23(36-26)35-24-9-20(37-6-2-3-17(31)13-37)18(11-33-24)15-10-34-38(12-15)14-22(29)30;/h4-5,7-12,17,22H,2-3,6,13-14,31H2,1H3,(H,32,33,35,36);1H/t17-;/m0./s1. The summed E-state index contributed by atoms with van der Waals surface area (Å²) in [5.74, 6) is -0.928. The molecule has 1 aliphatic rings. The first-order valence-electron chi connectivity index (χ1n) is 12.3. The number of pyridine rings is 1. The van der Waals surface area contributed by atoms with Crippen molar-refractivity contribution in [2.75, 3.05) is 30.4 Å². The van der Waals surface area contributed by atoms with Gasteiger partial charge in [-0.3, -0.25) is 4.68 Å². The number of nitrogens with zero attached hydrogens (tertiary/aromatic N) is 6. The highest BCUT2D eigenvalue weighted by Crippen LogP contribution is 2.35. The molecular weight excluding hydrogens is 552 g/mol. The normalized spacial score (nSPS) is 15.2. The molecule has 1 saturated heterocycles. The zero-order chi connectivity index (χ0) is 27.5. The first kappa shape index (κ1) is 29.0. The summed E-state index contributed by atoms with van der Waals surface area (Å²) in [5.41, 5.74) is 8.33. The second-order valence-corrected chi connectivity index (χ2v) is 9.13. The lowest BCUT2D eigenvalue weighted by atomic mass is 10.0. The molecule has 14 heteroatoms. The Morgan fingerprint density at radius 3 is 2.73 bits per heavy atom. The smallest absolute Gasteiger partial charge is 0.257 e. The average Bonchev–Trinajstić information content (AvgIpc) is 3.36. The highest BCUT2D eigenvalue weighted by Gasteiger charge is 2.22. The summed E-state index contributed by atoms with van der Waals surface area (Å²) in [6.07, 6.45) is 5.43. The van der Waals surface area contributed by atoms with E-state index in [1.54, 1.807) is 18.5 Å². The van der Waals surface area contributed by atoms with Crippen molar-refractivity contribution < 1.29 is 22.3 Å². The summed E-state index contributed by atoms with van der Waals surface area (Å²) in [4.78, 5) is 15.1. The second-order valence-electron chi connectivity index (χ2n) is 9.13. The number of rotatable bonds is 8. The summed E-state index contributed by atoms with van der Waals surface area (Å²) in [5, 5.41) is 7.16. The maximum Gasteiger partial charge on any atom is 0.257 e. The van der Waals surface area contributed by atoms with E-state index in [0.717, 1.165) is 42.8 Å². The number of nitrogens with one attached hydrogen (secondary N) is 1. The van der Waals surface area contributed by atoms with Gasteiger partial charge in [0, 0.05) is 72.7 Å². The fourth-order valence-corrected chi connectivity index (χ4v) is 4.58. The van der Waals surface area contributed by atoms with Crippen molar-refractivity contribution in [1.82, 2.24) is 24.7 Å². The molecule has 0 unspecified atom stereocenters. The number of benzene rings is 1. The molecule has 1 atom stereocenters. The third kappa shape index (κ3) is 6.42. The van der Waals surface area contributed by atoms with Crippen LogP contribution in [0.2, 0.25) is 0 Å². The van der Waals surface area contributed by atoms with Gasteiger partial charge in [0.1, 0.15) is 35.6 Å². The van der Waals surface area contributed by atoms with E-state index < -0.39 is 24.6 Å². The summed E-state index contributed by atoms with van der Waals surface area (Å²) in [6, 6.07) is 5.18. The van der Waals surface area contributed by atoms with E-state index in [2.05, 4.69) is 30.3 Å². The number of hydrogen-bond acceptors (Lipinski definition) is 8. The lowest BCUT2D eigenvalue weighted by molar-refractivity contribution is 0.122. The number of anilines is 3. The van der Waals surface area contributed by atoms with Crippen LogP contribution in [0.4, 0.5) is 34.9 Å². The van der Waals surface area contributed by atoms with Gasteiger partial charge in [0.2, 0.25) is 0 Å². The first-order valence-corrected chi connectivity index (χ1v) is 12.3. The SMILES string of the molecule is COc1cc(F)cc(F)c1-c1nccc(Nc2cc(N3CCC[C@H](N)C3)c(-c3cnn(CC(F)F)c3)cn2)n1.Cl. The molecule has 0 aliphatic carbocycles. The number of ether oxygens (including phenoxy) is 1. The first-order chi connectivity index (χ1) is 18.8. The number of methoxy groups -OCH3 is 1. The minimum atomic E-state index is -2.52. The monoisotopic (exact) mass is 578 g/mol. The predicted octanol–water partition coefficient (Wildman–Crippen LogP) is 5.05. The van der Waals surface area contributed by atoms with E-state index in [1.165, 1.54) is 24.2 Å². The van der Waals surface area contributed by atoms with E-state index >= 15 is 0 Å². The summed E-state index contributed by atoms with van der Waals surface area (Å²) in [7, 11) is 1.30. The molecule has 3 N–H and O–H groups in total. The van der Waals surface area contributed by atoms with E-state index in [1.807, 2.05) is 6.07 Å². The van der Waals surface area contributed by atoms with Crippen LogP contribution in [0.5, 0.6) is 5.75 Å². The predicted molar refractivity (Wildman–Crippen MR) is 145 cm³/mol. The number of hydrogen-bond donors (Lipinski definition) is 2. The molecule has 4 aromatic rings. The molecule has 3 aromatic heterocycles. The maximum absolute atomic E-state index is 14.6. The van der Waals surface area contributed by atoms with Crippen LogP contribution >= 0.6 is 12.4 Å². The molecule has 0 bridgehead atoms. The molecule has 4 heterocycles. The minimum Gasteiger partial charge on any atom is -0.496 e.